The molecule has 4 heteroatoms. The van der Waals surface area contributed by atoms with Crippen molar-refractivity contribution in [2.45, 2.75) is 13.3 Å². The van der Waals surface area contributed by atoms with Crippen molar-refractivity contribution in [3.05, 3.63) is 28.5 Å². The van der Waals surface area contributed by atoms with Gasteiger partial charge in [0, 0.05) is 5.69 Å². The summed E-state index contributed by atoms with van der Waals surface area (Å²) in [5.74, 6) is 0. The Morgan fingerprint density at radius 3 is 2.55 bits per heavy atom. The van der Waals surface area contributed by atoms with E-state index in [1.165, 1.54) is 6.07 Å². The van der Waals surface area contributed by atoms with Crippen LogP contribution in [0, 0.1) is 6.92 Å². The fourth-order valence-electron chi connectivity index (χ4n) is 0.713. The number of aromatic nitrogens is 1. The van der Waals surface area contributed by atoms with Gasteiger partial charge in [0.1, 0.15) is 5.69 Å². The first kappa shape index (κ1) is 8.40. The molecule has 1 aromatic rings. The molecule has 0 aliphatic carbocycles. The molecule has 0 aliphatic rings. The van der Waals surface area contributed by atoms with Gasteiger partial charge in [-0.15, -0.1) is 0 Å². The highest BCUT2D eigenvalue weighted by molar-refractivity contribution is 6.31. The van der Waals surface area contributed by atoms with Crippen molar-refractivity contribution < 1.29 is 8.78 Å². The maximum absolute atomic E-state index is 12.1. The molecule has 0 amide bonds. The maximum atomic E-state index is 12.1. The van der Waals surface area contributed by atoms with Crippen LogP contribution in [0.1, 0.15) is 17.8 Å². The van der Waals surface area contributed by atoms with Gasteiger partial charge in [0.25, 0.3) is 6.43 Å². The number of hydrogen-bond donors (Lipinski definition) is 0. The number of halogens is 3. The lowest BCUT2D eigenvalue weighted by Crippen LogP contribution is -1.92. The van der Waals surface area contributed by atoms with E-state index in [1.807, 2.05) is 0 Å². The summed E-state index contributed by atoms with van der Waals surface area (Å²) >= 11 is 5.45. The van der Waals surface area contributed by atoms with Crippen molar-refractivity contribution in [1.29, 1.82) is 0 Å². The van der Waals surface area contributed by atoms with E-state index in [1.54, 1.807) is 13.0 Å². The molecule has 1 rings (SSSR count). The Morgan fingerprint density at radius 1 is 1.45 bits per heavy atom. The molecule has 0 N–H and O–H groups in total. The van der Waals surface area contributed by atoms with Gasteiger partial charge in [0.05, 0.1) is 5.02 Å². The summed E-state index contributed by atoms with van der Waals surface area (Å²) < 4.78 is 24.1. The Labute approximate surface area is 68.0 Å². The van der Waals surface area contributed by atoms with Crippen LogP contribution in [0.2, 0.25) is 5.02 Å². The van der Waals surface area contributed by atoms with Crippen LogP contribution in [0.3, 0.4) is 0 Å². The minimum atomic E-state index is -2.60. The van der Waals surface area contributed by atoms with Crippen LogP contribution in [-0.4, -0.2) is 4.98 Å². The van der Waals surface area contributed by atoms with Crippen LogP contribution in [0.15, 0.2) is 12.1 Å². The van der Waals surface area contributed by atoms with Gasteiger partial charge in [-0.1, -0.05) is 11.6 Å². The Morgan fingerprint density at radius 2 is 2.09 bits per heavy atom. The van der Waals surface area contributed by atoms with Crippen LogP contribution < -0.4 is 0 Å². The van der Waals surface area contributed by atoms with E-state index < -0.39 is 6.43 Å². The predicted molar refractivity (Wildman–Crippen MR) is 38.9 cm³/mol. The smallest absolute Gasteiger partial charge is 0.251 e. The lowest BCUT2D eigenvalue weighted by Gasteiger charge is -2.01. The highest BCUT2D eigenvalue weighted by atomic mass is 35.5. The van der Waals surface area contributed by atoms with Crippen molar-refractivity contribution in [1.82, 2.24) is 4.98 Å². The summed E-state index contributed by atoms with van der Waals surface area (Å²) in [4.78, 5) is 3.59. The van der Waals surface area contributed by atoms with Crippen molar-refractivity contribution in [3.8, 4) is 0 Å². The molecule has 1 heterocycles. The van der Waals surface area contributed by atoms with Gasteiger partial charge in [0.2, 0.25) is 0 Å². The highest BCUT2D eigenvalue weighted by Gasteiger charge is 2.12. The molecule has 0 bridgehead atoms. The minimum Gasteiger partial charge on any atom is -0.251 e. The lowest BCUT2D eigenvalue weighted by atomic mass is 10.3. The Kier molecular flexibility index (Phi) is 2.39. The predicted octanol–water partition coefficient (Wildman–Crippen LogP) is 2.98. The molecule has 0 radical (unpaired) electrons. The van der Waals surface area contributed by atoms with E-state index in [9.17, 15) is 8.78 Å². The van der Waals surface area contributed by atoms with Crippen LogP contribution in [-0.2, 0) is 0 Å². The zero-order chi connectivity index (χ0) is 8.43. The van der Waals surface area contributed by atoms with Gasteiger partial charge in [0.15, 0.2) is 0 Å². The molecule has 0 saturated carbocycles. The number of rotatable bonds is 1. The number of hydrogen-bond acceptors (Lipinski definition) is 1. The van der Waals surface area contributed by atoms with E-state index in [-0.39, 0.29) is 10.7 Å². The van der Waals surface area contributed by atoms with Crippen LogP contribution in [0.4, 0.5) is 8.78 Å². The summed E-state index contributed by atoms with van der Waals surface area (Å²) in [6.45, 7) is 1.64. The summed E-state index contributed by atoms with van der Waals surface area (Å²) in [6, 6.07) is 3.01. The summed E-state index contributed by atoms with van der Waals surface area (Å²) in [7, 11) is 0. The molecule has 1 aromatic heterocycles. The van der Waals surface area contributed by atoms with Crippen molar-refractivity contribution in [2.24, 2.45) is 0 Å². The normalized spacial score (nSPS) is 10.6. The Hall–Kier alpha value is -0.700. The average Bonchev–Trinajstić information content (AvgIpc) is 1.94. The number of nitrogens with zero attached hydrogens (tertiary/aromatic N) is 1. The zero-order valence-electron chi connectivity index (χ0n) is 5.81. The third kappa shape index (κ3) is 1.87. The van der Waals surface area contributed by atoms with Gasteiger partial charge >= 0.3 is 0 Å². The van der Waals surface area contributed by atoms with Crippen molar-refractivity contribution >= 4 is 11.6 Å². The topological polar surface area (TPSA) is 12.9 Å². The first-order valence-electron chi connectivity index (χ1n) is 3.02. The molecule has 0 fully saturated rings. The van der Waals surface area contributed by atoms with E-state index in [2.05, 4.69) is 4.98 Å². The molecule has 0 unspecified atom stereocenters. The molecule has 0 aliphatic heterocycles. The quantitative estimate of drug-likeness (QED) is 0.643. The molecule has 0 atom stereocenters. The second kappa shape index (κ2) is 3.13. The monoisotopic (exact) mass is 177 g/mol. The third-order valence-corrected chi connectivity index (χ3v) is 1.54. The lowest BCUT2D eigenvalue weighted by molar-refractivity contribution is 0.146. The van der Waals surface area contributed by atoms with E-state index in [0.29, 0.717) is 5.69 Å². The van der Waals surface area contributed by atoms with Gasteiger partial charge in [-0.2, -0.15) is 0 Å². The van der Waals surface area contributed by atoms with Gasteiger partial charge < -0.3 is 0 Å². The second-order valence-electron chi connectivity index (χ2n) is 2.12. The molecule has 11 heavy (non-hydrogen) atoms. The summed E-state index contributed by atoms with van der Waals surface area (Å²) in [5.41, 5.74) is 0.205. The first-order chi connectivity index (χ1) is 5.11. The largest absolute Gasteiger partial charge is 0.281 e. The molecule has 1 nitrogen and oxygen atoms in total. The second-order valence-corrected chi connectivity index (χ2v) is 2.53. The number of alkyl halides is 2. The van der Waals surface area contributed by atoms with Crippen LogP contribution >= 0.6 is 11.6 Å². The summed E-state index contributed by atoms with van der Waals surface area (Å²) in [6.07, 6.45) is -2.60. The van der Waals surface area contributed by atoms with Crippen LogP contribution in [0.25, 0.3) is 0 Å². The van der Waals surface area contributed by atoms with Crippen molar-refractivity contribution in [2.75, 3.05) is 0 Å². The maximum Gasteiger partial charge on any atom is 0.281 e. The van der Waals surface area contributed by atoms with E-state index >= 15 is 0 Å². The Bertz CT molecular complexity index is 263. The highest BCUT2D eigenvalue weighted by Crippen LogP contribution is 2.24. The fourth-order valence-corrected chi connectivity index (χ4v) is 0.901. The molecule has 0 spiro atoms. The number of aryl methyl sites for hydroxylation is 1. The standard InChI is InChI=1S/C7H6ClF2N/c1-4-2-3-5(8)6(11-4)7(9)10/h2-3,7H,1H3. The van der Waals surface area contributed by atoms with E-state index in [4.69, 9.17) is 11.6 Å². The fraction of sp³-hybridized carbons (Fsp3) is 0.286. The third-order valence-electron chi connectivity index (χ3n) is 1.22. The molecule has 60 valence electrons. The molecule has 0 aromatic carbocycles. The molecular formula is C7H6ClF2N. The zero-order valence-corrected chi connectivity index (χ0v) is 6.57. The summed E-state index contributed by atoms with van der Waals surface area (Å²) in [5, 5.41) is 0.0191. The molecular weight excluding hydrogens is 172 g/mol. The van der Waals surface area contributed by atoms with Crippen molar-refractivity contribution in [3.63, 3.8) is 0 Å². The van der Waals surface area contributed by atoms with Gasteiger partial charge in [-0.25, -0.2) is 8.78 Å². The first-order valence-corrected chi connectivity index (χ1v) is 3.40. The number of pyridine rings is 1. The van der Waals surface area contributed by atoms with Gasteiger partial charge in [-0.05, 0) is 19.1 Å². The Balaban J connectivity index is 3.13. The average molecular weight is 178 g/mol. The minimum absolute atomic E-state index is 0.0191. The molecule has 0 saturated heterocycles. The van der Waals surface area contributed by atoms with E-state index in [0.717, 1.165) is 0 Å². The van der Waals surface area contributed by atoms with Gasteiger partial charge in [-0.3, -0.25) is 4.98 Å². The van der Waals surface area contributed by atoms with Crippen LogP contribution in [0.5, 0.6) is 0 Å². The SMILES string of the molecule is Cc1ccc(Cl)c(C(F)F)n1.